The standard InChI is InChI=1S/C11H18ClN3O/c1-3-4-6-13-11(16)5-7-15-8-10(12)9(2)14-15/h8H,3-7H2,1-2H3,(H,13,16). The minimum atomic E-state index is 0.0673. The Kier molecular flexibility index (Phi) is 5.32. The fourth-order valence-electron chi connectivity index (χ4n) is 1.32. The van der Waals surface area contributed by atoms with Gasteiger partial charge in [0.25, 0.3) is 0 Å². The van der Waals surface area contributed by atoms with E-state index in [9.17, 15) is 4.79 Å². The summed E-state index contributed by atoms with van der Waals surface area (Å²) < 4.78 is 1.71. The normalized spacial score (nSPS) is 10.4. The average Bonchev–Trinajstić information content (AvgIpc) is 2.56. The van der Waals surface area contributed by atoms with Crippen molar-refractivity contribution < 1.29 is 4.79 Å². The van der Waals surface area contributed by atoms with Gasteiger partial charge in [0.1, 0.15) is 0 Å². The summed E-state index contributed by atoms with van der Waals surface area (Å²) in [5.41, 5.74) is 0.799. The van der Waals surface area contributed by atoms with Gasteiger partial charge in [-0.25, -0.2) is 0 Å². The van der Waals surface area contributed by atoms with Crippen LogP contribution in [0.25, 0.3) is 0 Å². The first kappa shape index (κ1) is 13.0. The van der Waals surface area contributed by atoms with Gasteiger partial charge in [-0.2, -0.15) is 5.10 Å². The lowest BCUT2D eigenvalue weighted by Gasteiger charge is -2.04. The zero-order valence-electron chi connectivity index (χ0n) is 9.79. The van der Waals surface area contributed by atoms with E-state index in [-0.39, 0.29) is 5.91 Å². The second-order valence-electron chi connectivity index (χ2n) is 3.78. The summed E-state index contributed by atoms with van der Waals surface area (Å²) in [6, 6.07) is 0. The average molecular weight is 244 g/mol. The van der Waals surface area contributed by atoms with Crippen LogP contribution < -0.4 is 5.32 Å². The highest BCUT2D eigenvalue weighted by atomic mass is 35.5. The molecule has 0 aromatic carbocycles. The second-order valence-corrected chi connectivity index (χ2v) is 4.19. The SMILES string of the molecule is CCCCNC(=O)CCn1cc(Cl)c(C)n1. The third-order valence-corrected chi connectivity index (χ3v) is 2.68. The van der Waals surface area contributed by atoms with Crippen LogP contribution in [0.2, 0.25) is 5.02 Å². The molecule has 4 nitrogen and oxygen atoms in total. The molecule has 0 aliphatic rings. The third kappa shape index (κ3) is 4.23. The first-order valence-electron chi connectivity index (χ1n) is 5.59. The molecule has 0 bridgehead atoms. The van der Waals surface area contributed by atoms with Crippen molar-refractivity contribution in [1.29, 1.82) is 0 Å². The van der Waals surface area contributed by atoms with Gasteiger partial charge in [-0.3, -0.25) is 9.48 Å². The molecule has 0 radical (unpaired) electrons. The van der Waals surface area contributed by atoms with E-state index in [1.807, 2.05) is 6.92 Å². The van der Waals surface area contributed by atoms with Crippen LogP contribution in [0.5, 0.6) is 0 Å². The van der Waals surface area contributed by atoms with Gasteiger partial charge < -0.3 is 5.32 Å². The second kappa shape index (κ2) is 6.53. The van der Waals surface area contributed by atoms with E-state index >= 15 is 0 Å². The Hall–Kier alpha value is -1.03. The number of halogens is 1. The molecule has 0 saturated heterocycles. The van der Waals surface area contributed by atoms with Crippen LogP contribution in [0.4, 0.5) is 0 Å². The number of amides is 1. The molecule has 16 heavy (non-hydrogen) atoms. The number of aryl methyl sites for hydroxylation is 2. The maximum atomic E-state index is 11.4. The minimum Gasteiger partial charge on any atom is -0.356 e. The van der Waals surface area contributed by atoms with Gasteiger partial charge in [-0.15, -0.1) is 0 Å². The molecule has 0 unspecified atom stereocenters. The number of hydrogen-bond acceptors (Lipinski definition) is 2. The van der Waals surface area contributed by atoms with Gasteiger partial charge in [0, 0.05) is 25.7 Å². The molecule has 5 heteroatoms. The van der Waals surface area contributed by atoms with E-state index in [0.29, 0.717) is 18.0 Å². The molecule has 1 amide bonds. The topological polar surface area (TPSA) is 46.9 Å². The summed E-state index contributed by atoms with van der Waals surface area (Å²) in [5, 5.41) is 7.69. The summed E-state index contributed by atoms with van der Waals surface area (Å²) in [6.07, 6.45) is 4.31. The number of aromatic nitrogens is 2. The van der Waals surface area contributed by atoms with E-state index in [4.69, 9.17) is 11.6 Å². The zero-order chi connectivity index (χ0) is 12.0. The number of carbonyl (C=O) groups excluding carboxylic acids is 1. The van der Waals surface area contributed by atoms with Crippen LogP contribution in [0, 0.1) is 6.92 Å². The predicted octanol–water partition coefficient (Wildman–Crippen LogP) is 2.15. The van der Waals surface area contributed by atoms with Gasteiger partial charge in [-0.05, 0) is 13.3 Å². The van der Waals surface area contributed by atoms with Crippen LogP contribution in [-0.4, -0.2) is 22.2 Å². The maximum absolute atomic E-state index is 11.4. The van der Waals surface area contributed by atoms with Crippen molar-refractivity contribution in [3.05, 3.63) is 16.9 Å². The Balaban J connectivity index is 2.26. The summed E-state index contributed by atoms with van der Waals surface area (Å²) in [6.45, 7) is 5.28. The predicted molar refractivity (Wildman–Crippen MR) is 64.5 cm³/mol. The molecule has 0 spiro atoms. The van der Waals surface area contributed by atoms with Crippen LogP contribution in [0.1, 0.15) is 31.9 Å². The van der Waals surface area contributed by atoms with Gasteiger partial charge in [0.05, 0.1) is 10.7 Å². The van der Waals surface area contributed by atoms with Crippen molar-refractivity contribution in [2.45, 2.75) is 39.7 Å². The van der Waals surface area contributed by atoms with Crippen molar-refractivity contribution in [3.63, 3.8) is 0 Å². The molecule has 90 valence electrons. The molecular weight excluding hydrogens is 226 g/mol. The number of unbranched alkanes of at least 4 members (excludes halogenated alkanes) is 1. The zero-order valence-corrected chi connectivity index (χ0v) is 10.5. The molecule has 1 N–H and O–H groups in total. The largest absolute Gasteiger partial charge is 0.356 e. The Morgan fingerprint density at radius 3 is 2.94 bits per heavy atom. The molecule has 1 aromatic rings. The summed E-state index contributed by atoms with van der Waals surface area (Å²) >= 11 is 5.86. The van der Waals surface area contributed by atoms with E-state index < -0.39 is 0 Å². The van der Waals surface area contributed by atoms with E-state index in [1.54, 1.807) is 10.9 Å². The molecule has 0 fully saturated rings. The van der Waals surface area contributed by atoms with Crippen molar-refractivity contribution in [1.82, 2.24) is 15.1 Å². The van der Waals surface area contributed by atoms with Crippen LogP contribution >= 0.6 is 11.6 Å². The lowest BCUT2D eigenvalue weighted by molar-refractivity contribution is -0.121. The lowest BCUT2D eigenvalue weighted by atomic mass is 10.3. The maximum Gasteiger partial charge on any atom is 0.221 e. The Labute approximate surface area is 101 Å². The van der Waals surface area contributed by atoms with Gasteiger partial charge in [-0.1, -0.05) is 24.9 Å². The fourth-order valence-corrected chi connectivity index (χ4v) is 1.47. The fraction of sp³-hybridized carbons (Fsp3) is 0.636. The quantitative estimate of drug-likeness (QED) is 0.779. The van der Waals surface area contributed by atoms with Gasteiger partial charge in [0.15, 0.2) is 0 Å². The molecule has 0 aliphatic heterocycles. The Bertz CT molecular complexity index is 329. The Morgan fingerprint density at radius 1 is 1.62 bits per heavy atom. The third-order valence-electron chi connectivity index (χ3n) is 2.31. The highest BCUT2D eigenvalue weighted by Crippen LogP contribution is 2.11. The minimum absolute atomic E-state index is 0.0673. The first-order valence-corrected chi connectivity index (χ1v) is 5.97. The highest BCUT2D eigenvalue weighted by Gasteiger charge is 2.04. The number of hydrogen-bond donors (Lipinski definition) is 1. The highest BCUT2D eigenvalue weighted by molar-refractivity contribution is 6.31. The van der Waals surface area contributed by atoms with Crippen LogP contribution in [0.15, 0.2) is 6.20 Å². The molecule has 1 rings (SSSR count). The van der Waals surface area contributed by atoms with Crippen molar-refractivity contribution in [2.24, 2.45) is 0 Å². The number of carbonyl (C=O) groups is 1. The summed E-state index contributed by atoms with van der Waals surface area (Å²) in [4.78, 5) is 11.4. The van der Waals surface area contributed by atoms with Crippen molar-refractivity contribution >= 4 is 17.5 Å². The molecule has 0 atom stereocenters. The van der Waals surface area contributed by atoms with Crippen LogP contribution in [-0.2, 0) is 11.3 Å². The summed E-state index contributed by atoms with van der Waals surface area (Å²) in [5.74, 6) is 0.0673. The van der Waals surface area contributed by atoms with E-state index in [2.05, 4.69) is 17.3 Å². The smallest absolute Gasteiger partial charge is 0.221 e. The lowest BCUT2D eigenvalue weighted by Crippen LogP contribution is -2.25. The Morgan fingerprint density at radius 2 is 2.38 bits per heavy atom. The van der Waals surface area contributed by atoms with Crippen molar-refractivity contribution in [3.8, 4) is 0 Å². The number of nitrogens with zero attached hydrogens (tertiary/aromatic N) is 2. The van der Waals surface area contributed by atoms with Gasteiger partial charge >= 0.3 is 0 Å². The molecule has 1 aromatic heterocycles. The first-order chi connectivity index (χ1) is 7.63. The molecule has 0 aliphatic carbocycles. The van der Waals surface area contributed by atoms with E-state index in [1.165, 1.54) is 0 Å². The number of rotatable bonds is 6. The van der Waals surface area contributed by atoms with E-state index in [0.717, 1.165) is 25.1 Å². The molecule has 0 saturated carbocycles. The van der Waals surface area contributed by atoms with Crippen molar-refractivity contribution in [2.75, 3.05) is 6.54 Å². The molecule has 1 heterocycles. The molecular formula is C11H18ClN3O. The number of nitrogens with one attached hydrogen (secondary N) is 1. The summed E-state index contributed by atoms with van der Waals surface area (Å²) in [7, 11) is 0. The van der Waals surface area contributed by atoms with Crippen LogP contribution in [0.3, 0.4) is 0 Å². The monoisotopic (exact) mass is 243 g/mol. The van der Waals surface area contributed by atoms with Gasteiger partial charge in [0.2, 0.25) is 5.91 Å².